The largest absolute Gasteiger partial charge is 0.307 e. The maximum Gasteiger partial charge on any atom is 0.161 e. The fraction of sp³-hybridized carbons (Fsp3) is 0.113. The number of nitriles is 1. The normalized spacial score (nSPS) is 11.6. The minimum atomic E-state index is 0.511. The van der Waals surface area contributed by atoms with Crippen molar-refractivity contribution in [1.82, 2.24) is 19.1 Å². The van der Waals surface area contributed by atoms with Crippen LogP contribution in [0.4, 0.5) is 0 Å². The average Bonchev–Trinajstić information content (AvgIpc) is 3.72. The van der Waals surface area contributed by atoms with Crippen molar-refractivity contribution in [2.45, 2.75) is 41.5 Å². The minimum Gasteiger partial charge on any atom is -0.307 e. The van der Waals surface area contributed by atoms with Gasteiger partial charge in [-0.3, -0.25) is 0 Å². The van der Waals surface area contributed by atoms with E-state index in [1.807, 2.05) is 19.9 Å². The van der Waals surface area contributed by atoms with Gasteiger partial charge in [-0.2, -0.15) is 5.26 Å². The molecule has 0 aliphatic rings. The summed E-state index contributed by atoms with van der Waals surface area (Å²) in [5.41, 5.74) is 18.7. The SMILES string of the molecule is Cc1ccc(-c2ccc3c4ccccc4n(-c4cc(C#N)c(-c5nc(C)cc(C)n5)cc4-n4c5ccccc5c5ccc(-c6ccc(C)cc6C)cc54)c3c2)c(C)c1. The Morgan fingerprint density at radius 2 is 0.897 bits per heavy atom. The van der Waals surface area contributed by atoms with Gasteiger partial charge in [-0.05, 0) is 117 Å². The fourth-order valence-electron chi connectivity index (χ4n) is 9.13. The molecule has 0 bridgehead atoms. The van der Waals surface area contributed by atoms with E-state index in [-0.39, 0.29) is 0 Å². The molecule has 0 unspecified atom stereocenters. The molecular formula is C53H41N5. The summed E-state index contributed by atoms with van der Waals surface area (Å²) in [5, 5.41) is 15.6. The molecule has 5 nitrogen and oxygen atoms in total. The summed E-state index contributed by atoms with van der Waals surface area (Å²) < 4.78 is 4.74. The van der Waals surface area contributed by atoms with Crippen LogP contribution in [0, 0.1) is 52.9 Å². The molecule has 0 N–H and O–H groups in total. The molecule has 0 radical (unpaired) electrons. The Bertz CT molecular complexity index is 3350. The molecule has 0 saturated carbocycles. The van der Waals surface area contributed by atoms with Gasteiger partial charge in [0.15, 0.2) is 5.82 Å². The molecule has 278 valence electrons. The standard InChI is InChI=1S/C53H41N5/c1-31-15-19-40(33(3)23-31)37-17-21-44-42-11-7-9-13-47(42)57(49(44)26-37)51-28-39(30-54)46(53-55-35(5)25-36(6)56-53)29-52(51)58-48-14-10-8-12-43(48)45-22-18-38(27-50(45)58)41-20-16-32(2)24-34(41)4/h7-29H,1-6H3. The first kappa shape index (κ1) is 35.1. The number of nitrogens with zero attached hydrogens (tertiary/aromatic N) is 5. The Kier molecular flexibility index (Phi) is 8.14. The van der Waals surface area contributed by atoms with E-state index in [0.29, 0.717) is 17.0 Å². The number of fused-ring (bicyclic) bond motifs is 6. The molecule has 7 aromatic carbocycles. The van der Waals surface area contributed by atoms with Crippen molar-refractivity contribution in [1.29, 1.82) is 5.26 Å². The van der Waals surface area contributed by atoms with Gasteiger partial charge >= 0.3 is 0 Å². The van der Waals surface area contributed by atoms with Gasteiger partial charge in [-0.25, -0.2) is 9.97 Å². The predicted octanol–water partition coefficient (Wildman–Crippen LogP) is 13.4. The number of aromatic nitrogens is 4. The maximum absolute atomic E-state index is 11.0. The fourth-order valence-corrected chi connectivity index (χ4v) is 9.13. The van der Waals surface area contributed by atoms with Crippen LogP contribution < -0.4 is 0 Å². The van der Waals surface area contributed by atoms with E-state index in [4.69, 9.17) is 9.97 Å². The Morgan fingerprint density at radius 3 is 1.38 bits per heavy atom. The van der Waals surface area contributed by atoms with Crippen LogP contribution in [0.5, 0.6) is 0 Å². The summed E-state index contributed by atoms with van der Waals surface area (Å²) in [6.07, 6.45) is 0. The highest BCUT2D eigenvalue weighted by Crippen LogP contribution is 2.42. The molecule has 0 saturated heterocycles. The van der Waals surface area contributed by atoms with E-state index in [2.05, 4.69) is 176 Å². The lowest BCUT2D eigenvalue weighted by molar-refractivity contribution is 1.05. The highest BCUT2D eigenvalue weighted by molar-refractivity contribution is 6.13. The Morgan fingerprint density at radius 1 is 0.431 bits per heavy atom. The van der Waals surface area contributed by atoms with E-state index in [1.54, 1.807) is 0 Å². The number of aryl methyl sites for hydroxylation is 6. The van der Waals surface area contributed by atoms with Crippen LogP contribution in [-0.4, -0.2) is 19.1 Å². The van der Waals surface area contributed by atoms with Gasteiger partial charge in [-0.15, -0.1) is 0 Å². The van der Waals surface area contributed by atoms with Gasteiger partial charge in [0.2, 0.25) is 0 Å². The van der Waals surface area contributed by atoms with E-state index in [9.17, 15) is 5.26 Å². The molecule has 0 amide bonds. The number of para-hydroxylation sites is 2. The van der Waals surface area contributed by atoms with Crippen molar-refractivity contribution in [3.63, 3.8) is 0 Å². The lowest BCUT2D eigenvalue weighted by Crippen LogP contribution is -2.06. The van der Waals surface area contributed by atoms with Crippen LogP contribution in [0.25, 0.3) is 88.6 Å². The summed E-state index contributed by atoms with van der Waals surface area (Å²) in [4.78, 5) is 9.81. The van der Waals surface area contributed by atoms with Crippen LogP contribution in [0.3, 0.4) is 0 Å². The predicted molar refractivity (Wildman–Crippen MR) is 240 cm³/mol. The minimum absolute atomic E-state index is 0.511. The van der Waals surface area contributed by atoms with Crippen molar-refractivity contribution in [3.05, 3.63) is 179 Å². The quantitative estimate of drug-likeness (QED) is 0.176. The van der Waals surface area contributed by atoms with Gasteiger partial charge < -0.3 is 9.13 Å². The maximum atomic E-state index is 11.0. The third-order valence-electron chi connectivity index (χ3n) is 11.7. The lowest BCUT2D eigenvalue weighted by Gasteiger charge is -2.20. The van der Waals surface area contributed by atoms with Crippen molar-refractivity contribution >= 4 is 43.6 Å². The van der Waals surface area contributed by atoms with E-state index >= 15 is 0 Å². The summed E-state index contributed by atoms with van der Waals surface area (Å²) in [5.74, 6) is 0.540. The molecule has 0 aliphatic heterocycles. The molecule has 3 aromatic heterocycles. The van der Waals surface area contributed by atoms with Crippen LogP contribution in [0.15, 0.2) is 140 Å². The zero-order valence-corrected chi connectivity index (χ0v) is 33.5. The molecular weight excluding hydrogens is 707 g/mol. The van der Waals surface area contributed by atoms with Crippen LogP contribution in [-0.2, 0) is 0 Å². The van der Waals surface area contributed by atoms with Crippen LogP contribution in [0.1, 0.15) is 39.2 Å². The van der Waals surface area contributed by atoms with Gasteiger partial charge in [0.05, 0.1) is 45.1 Å². The molecule has 10 aromatic rings. The monoisotopic (exact) mass is 747 g/mol. The second-order valence-corrected chi connectivity index (χ2v) is 15.8. The topological polar surface area (TPSA) is 59.4 Å². The highest BCUT2D eigenvalue weighted by atomic mass is 15.1. The van der Waals surface area contributed by atoms with Crippen LogP contribution >= 0.6 is 0 Å². The molecule has 5 heteroatoms. The third-order valence-corrected chi connectivity index (χ3v) is 11.7. The van der Waals surface area contributed by atoms with Crippen molar-refractivity contribution in [2.24, 2.45) is 0 Å². The number of benzene rings is 7. The molecule has 58 heavy (non-hydrogen) atoms. The summed E-state index contributed by atoms with van der Waals surface area (Å²) in [6.45, 7) is 12.6. The van der Waals surface area contributed by atoms with Gasteiger partial charge in [0, 0.05) is 38.5 Å². The number of rotatable bonds is 5. The Balaban J connectivity index is 1.36. The molecule has 0 atom stereocenters. The second kappa shape index (κ2) is 13.4. The van der Waals surface area contributed by atoms with Crippen molar-refractivity contribution in [3.8, 4) is 51.1 Å². The smallest absolute Gasteiger partial charge is 0.161 e. The number of hydrogen-bond donors (Lipinski definition) is 0. The molecule has 10 rings (SSSR count). The lowest BCUT2D eigenvalue weighted by atomic mass is 9.97. The van der Waals surface area contributed by atoms with Gasteiger partial charge in [0.25, 0.3) is 0 Å². The van der Waals surface area contributed by atoms with Crippen LogP contribution in [0.2, 0.25) is 0 Å². The zero-order chi connectivity index (χ0) is 39.8. The molecule has 0 spiro atoms. The average molecular weight is 748 g/mol. The summed E-state index contributed by atoms with van der Waals surface area (Å²) >= 11 is 0. The van der Waals surface area contributed by atoms with E-state index < -0.39 is 0 Å². The zero-order valence-electron chi connectivity index (χ0n) is 33.5. The van der Waals surface area contributed by atoms with Crippen molar-refractivity contribution in [2.75, 3.05) is 0 Å². The van der Waals surface area contributed by atoms with Crippen molar-refractivity contribution < 1.29 is 0 Å². The molecule has 0 aliphatic carbocycles. The summed E-state index contributed by atoms with van der Waals surface area (Å²) in [7, 11) is 0. The second-order valence-electron chi connectivity index (χ2n) is 15.8. The van der Waals surface area contributed by atoms with E-state index in [1.165, 1.54) is 33.4 Å². The molecule has 0 fully saturated rings. The first-order valence-corrected chi connectivity index (χ1v) is 19.8. The molecule has 3 heterocycles. The number of hydrogen-bond acceptors (Lipinski definition) is 3. The van der Waals surface area contributed by atoms with Gasteiger partial charge in [-0.1, -0.05) is 108 Å². The first-order chi connectivity index (χ1) is 28.2. The summed E-state index contributed by atoms with van der Waals surface area (Å²) in [6, 6.07) is 52.9. The van der Waals surface area contributed by atoms with E-state index in [0.717, 1.165) is 77.5 Å². The Hall–Kier alpha value is -7.29. The van der Waals surface area contributed by atoms with Gasteiger partial charge in [0.1, 0.15) is 0 Å². The first-order valence-electron chi connectivity index (χ1n) is 19.8. The Labute approximate surface area is 338 Å². The highest BCUT2D eigenvalue weighted by Gasteiger charge is 2.24. The third kappa shape index (κ3) is 5.60.